The molecule has 0 atom stereocenters. The van der Waals surface area contributed by atoms with E-state index in [0.717, 1.165) is 6.54 Å². The number of nitrogens with zero attached hydrogens (tertiary/aromatic N) is 1. The van der Waals surface area contributed by atoms with Crippen molar-refractivity contribution < 1.29 is 4.74 Å². The van der Waals surface area contributed by atoms with Gasteiger partial charge >= 0.3 is 0 Å². The molecule has 0 aromatic rings. The van der Waals surface area contributed by atoms with E-state index in [9.17, 15) is 0 Å². The number of hydrogen-bond donors (Lipinski definition) is 1. The SMILES string of the molecule is COC(=S)N(C)CCN. The molecule has 9 heavy (non-hydrogen) atoms. The summed E-state index contributed by atoms with van der Waals surface area (Å²) in [7, 11) is 3.40. The summed E-state index contributed by atoms with van der Waals surface area (Å²) in [6.45, 7) is 1.34. The van der Waals surface area contributed by atoms with E-state index in [1.165, 1.54) is 0 Å². The molecule has 0 aromatic heterocycles. The van der Waals surface area contributed by atoms with Gasteiger partial charge in [-0.3, -0.25) is 0 Å². The molecule has 0 fully saturated rings. The lowest BCUT2D eigenvalue weighted by Crippen LogP contribution is -2.31. The predicted molar refractivity (Wildman–Crippen MR) is 41.3 cm³/mol. The van der Waals surface area contributed by atoms with Crippen LogP contribution in [0.25, 0.3) is 0 Å². The van der Waals surface area contributed by atoms with Crippen LogP contribution in [0.2, 0.25) is 0 Å². The minimum Gasteiger partial charge on any atom is -0.474 e. The third kappa shape index (κ3) is 3.26. The van der Waals surface area contributed by atoms with Gasteiger partial charge in [0.05, 0.1) is 7.11 Å². The van der Waals surface area contributed by atoms with Gasteiger partial charge in [-0.1, -0.05) is 0 Å². The highest BCUT2D eigenvalue weighted by molar-refractivity contribution is 7.80. The van der Waals surface area contributed by atoms with Crippen molar-refractivity contribution in [3.05, 3.63) is 0 Å². The molecule has 0 rings (SSSR count). The molecular weight excluding hydrogens is 136 g/mol. The van der Waals surface area contributed by atoms with Crippen molar-refractivity contribution in [1.29, 1.82) is 0 Å². The van der Waals surface area contributed by atoms with E-state index in [0.29, 0.717) is 11.7 Å². The van der Waals surface area contributed by atoms with Gasteiger partial charge in [-0.15, -0.1) is 0 Å². The van der Waals surface area contributed by atoms with Gasteiger partial charge < -0.3 is 15.4 Å². The van der Waals surface area contributed by atoms with Crippen LogP contribution in [0.15, 0.2) is 0 Å². The summed E-state index contributed by atoms with van der Waals surface area (Å²) >= 11 is 4.79. The average molecular weight is 148 g/mol. The zero-order chi connectivity index (χ0) is 7.28. The molecule has 0 heterocycles. The molecule has 3 nitrogen and oxygen atoms in total. The molecule has 0 aliphatic carbocycles. The quantitative estimate of drug-likeness (QED) is 0.551. The summed E-state index contributed by atoms with van der Waals surface area (Å²) in [4.78, 5) is 1.79. The number of ether oxygens (including phenoxy) is 1. The first-order valence-electron chi connectivity index (χ1n) is 2.71. The highest BCUT2D eigenvalue weighted by Crippen LogP contribution is 1.85. The summed E-state index contributed by atoms with van der Waals surface area (Å²) in [5, 5.41) is 0.487. The second kappa shape index (κ2) is 4.52. The Morgan fingerprint density at radius 3 is 2.67 bits per heavy atom. The maximum atomic E-state index is 5.27. The van der Waals surface area contributed by atoms with Crippen LogP contribution in [0.5, 0.6) is 0 Å². The van der Waals surface area contributed by atoms with E-state index in [-0.39, 0.29) is 0 Å². The Kier molecular flexibility index (Phi) is 4.35. The van der Waals surface area contributed by atoms with Crippen molar-refractivity contribution in [3.63, 3.8) is 0 Å². The maximum absolute atomic E-state index is 5.27. The molecule has 0 radical (unpaired) electrons. The van der Waals surface area contributed by atoms with Gasteiger partial charge in [-0.05, 0) is 12.2 Å². The lowest BCUT2D eigenvalue weighted by Gasteiger charge is -2.16. The van der Waals surface area contributed by atoms with Crippen LogP contribution in [-0.2, 0) is 4.74 Å². The Balaban J connectivity index is 3.45. The molecule has 0 aliphatic rings. The van der Waals surface area contributed by atoms with E-state index >= 15 is 0 Å². The second-order valence-electron chi connectivity index (χ2n) is 1.68. The van der Waals surface area contributed by atoms with Crippen LogP contribution < -0.4 is 5.73 Å². The normalized spacial score (nSPS) is 8.78. The number of hydrogen-bond acceptors (Lipinski definition) is 3. The van der Waals surface area contributed by atoms with Gasteiger partial charge in [0.2, 0.25) is 0 Å². The summed E-state index contributed by atoms with van der Waals surface area (Å²) in [5.41, 5.74) is 5.27. The standard InChI is InChI=1S/C5H12N2OS/c1-7(4-3-6)5(9)8-2/h3-4,6H2,1-2H3. The van der Waals surface area contributed by atoms with Gasteiger partial charge in [0, 0.05) is 20.1 Å². The Morgan fingerprint density at radius 2 is 2.33 bits per heavy atom. The number of likely N-dealkylation sites (N-methyl/N-ethyl adjacent to an activating group) is 1. The fraction of sp³-hybridized carbons (Fsp3) is 0.800. The molecule has 0 spiro atoms. The molecule has 0 bridgehead atoms. The van der Waals surface area contributed by atoms with Crippen molar-refractivity contribution in [1.82, 2.24) is 4.90 Å². The number of rotatable bonds is 2. The predicted octanol–water partition coefficient (Wildman–Crippen LogP) is -0.192. The lowest BCUT2D eigenvalue weighted by atomic mass is 10.6. The number of methoxy groups -OCH3 is 1. The minimum absolute atomic E-state index is 0.487. The monoisotopic (exact) mass is 148 g/mol. The van der Waals surface area contributed by atoms with Gasteiger partial charge in [0.15, 0.2) is 0 Å². The van der Waals surface area contributed by atoms with Gasteiger partial charge in [0.25, 0.3) is 5.17 Å². The van der Waals surface area contributed by atoms with E-state index in [1.54, 1.807) is 12.0 Å². The molecule has 0 amide bonds. The molecule has 4 heteroatoms. The number of nitrogens with two attached hydrogens (primary N) is 1. The second-order valence-corrected chi connectivity index (χ2v) is 2.03. The Bertz CT molecular complexity index is 97.0. The highest BCUT2D eigenvalue weighted by Gasteiger charge is 1.99. The van der Waals surface area contributed by atoms with E-state index in [1.807, 2.05) is 7.05 Å². The highest BCUT2D eigenvalue weighted by atomic mass is 32.1. The average Bonchev–Trinajstić information content (AvgIpc) is 1.87. The molecule has 0 unspecified atom stereocenters. The van der Waals surface area contributed by atoms with Crippen LogP contribution in [0.3, 0.4) is 0 Å². The lowest BCUT2D eigenvalue weighted by molar-refractivity contribution is 0.326. The molecule has 0 saturated carbocycles. The van der Waals surface area contributed by atoms with Crippen LogP contribution >= 0.6 is 12.2 Å². The van der Waals surface area contributed by atoms with Gasteiger partial charge in [-0.2, -0.15) is 0 Å². The van der Waals surface area contributed by atoms with Crippen molar-refractivity contribution in [2.45, 2.75) is 0 Å². The molecular formula is C5H12N2OS. The Labute approximate surface area is 60.8 Å². The van der Waals surface area contributed by atoms with Crippen molar-refractivity contribution in [2.75, 3.05) is 27.2 Å². The van der Waals surface area contributed by atoms with Crippen LogP contribution in [0, 0.1) is 0 Å². The number of thiocarbonyl (C=S) groups is 1. The maximum Gasteiger partial charge on any atom is 0.258 e. The van der Waals surface area contributed by atoms with E-state index in [4.69, 9.17) is 22.7 Å². The third-order valence-corrected chi connectivity index (χ3v) is 1.43. The Hall–Kier alpha value is -0.350. The zero-order valence-electron chi connectivity index (χ0n) is 5.76. The van der Waals surface area contributed by atoms with E-state index < -0.39 is 0 Å². The first kappa shape index (κ1) is 8.65. The largest absolute Gasteiger partial charge is 0.474 e. The van der Waals surface area contributed by atoms with Gasteiger partial charge in [-0.25, -0.2) is 0 Å². The van der Waals surface area contributed by atoms with Gasteiger partial charge in [0.1, 0.15) is 0 Å². The minimum atomic E-state index is 0.487. The molecule has 2 N–H and O–H groups in total. The Morgan fingerprint density at radius 1 is 1.78 bits per heavy atom. The first-order chi connectivity index (χ1) is 4.22. The van der Waals surface area contributed by atoms with Crippen LogP contribution in [-0.4, -0.2) is 37.3 Å². The third-order valence-electron chi connectivity index (χ3n) is 0.951. The van der Waals surface area contributed by atoms with E-state index in [2.05, 4.69) is 0 Å². The summed E-state index contributed by atoms with van der Waals surface area (Å²) < 4.78 is 4.77. The van der Waals surface area contributed by atoms with Crippen molar-refractivity contribution in [2.24, 2.45) is 5.73 Å². The van der Waals surface area contributed by atoms with Crippen LogP contribution in [0.1, 0.15) is 0 Å². The fourth-order valence-electron chi connectivity index (χ4n) is 0.441. The topological polar surface area (TPSA) is 38.5 Å². The molecule has 0 aliphatic heterocycles. The summed E-state index contributed by atoms with van der Waals surface area (Å²) in [5.74, 6) is 0. The molecule has 0 saturated heterocycles. The molecule has 54 valence electrons. The van der Waals surface area contributed by atoms with Crippen LogP contribution in [0.4, 0.5) is 0 Å². The van der Waals surface area contributed by atoms with Crippen molar-refractivity contribution in [3.8, 4) is 0 Å². The fourth-order valence-corrected chi connectivity index (χ4v) is 0.532. The van der Waals surface area contributed by atoms with Crippen molar-refractivity contribution >= 4 is 17.4 Å². The first-order valence-corrected chi connectivity index (χ1v) is 3.12. The summed E-state index contributed by atoms with van der Waals surface area (Å²) in [6, 6.07) is 0. The molecule has 0 aromatic carbocycles. The smallest absolute Gasteiger partial charge is 0.258 e. The summed E-state index contributed by atoms with van der Waals surface area (Å²) in [6.07, 6.45) is 0. The zero-order valence-corrected chi connectivity index (χ0v) is 6.57.